The van der Waals surface area contributed by atoms with Crippen molar-refractivity contribution in [2.24, 2.45) is 5.73 Å². The third-order valence-electron chi connectivity index (χ3n) is 5.91. The Balaban J connectivity index is 1.37. The van der Waals surface area contributed by atoms with Crippen molar-refractivity contribution < 1.29 is 19.4 Å². The Hall–Kier alpha value is -2.94. The van der Waals surface area contributed by atoms with Gasteiger partial charge in [-0.05, 0) is 23.3 Å². The van der Waals surface area contributed by atoms with Crippen LogP contribution in [0.2, 0.25) is 0 Å². The summed E-state index contributed by atoms with van der Waals surface area (Å²) in [5.74, 6) is -0.851. The molecule has 8 nitrogen and oxygen atoms in total. The molecule has 4 rings (SSSR count). The van der Waals surface area contributed by atoms with Crippen LogP contribution in [0, 0.1) is 0 Å². The van der Waals surface area contributed by atoms with Crippen molar-refractivity contribution in [3.63, 3.8) is 0 Å². The summed E-state index contributed by atoms with van der Waals surface area (Å²) in [7, 11) is 0. The first-order valence-electron chi connectivity index (χ1n) is 10.5. The van der Waals surface area contributed by atoms with Crippen LogP contribution in [0.1, 0.15) is 11.1 Å². The van der Waals surface area contributed by atoms with E-state index in [4.69, 9.17) is 10.5 Å². The summed E-state index contributed by atoms with van der Waals surface area (Å²) in [4.78, 5) is 30.0. The second-order valence-corrected chi connectivity index (χ2v) is 8.06. The molecule has 0 spiro atoms. The van der Waals surface area contributed by atoms with E-state index in [2.05, 4.69) is 17.0 Å². The Labute approximate surface area is 181 Å². The number of carboxylic acids is 1. The summed E-state index contributed by atoms with van der Waals surface area (Å²) < 4.78 is 5.55. The minimum Gasteiger partial charge on any atom is -0.480 e. The molecular weight excluding hydrogens is 396 g/mol. The van der Waals surface area contributed by atoms with Crippen molar-refractivity contribution in [2.75, 3.05) is 37.6 Å². The van der Waals surface area contributed by atoms with Gasteiger partial charge in [-0.25, -0.2) is 4.79 Å². The van der Waals surface area contributed by atoms with Gasteiger partial charge in [0.15, 0.2) is 0 Å². The van der Waals surface area contributed by atoms with Crippen LogP contribution in [0.25, 0.3) is 0 Å². The van der Waals surface area contributed by atoms with Gasteiger partial charge in [0.05, 0.1) is 6.54 Å². The molecule has 2 aliphatic heterocycles. The largest absolute Gasteiger partial charge is 0.480 e. The molecule has 8 heteroatoms. The molecule has 2 fully saturated rings. The van der Waals surface area contributed by atoms with E-state index < -0.39 is 18.1 Å². The third-order valence-corrected chi connectivity index (χ3v) is 5.91. The Morgan fingerprint density at radius 1 is 1.03 bits per heavy atom. The number of piperazine rings is 1. The zero-order valence-corrected chi connectivity index (χ0v) is 17.4. The molecule has 2 heterocycles. The number of ether oxygens (including phenoxy) is 1. The highest BCUT2D eigenvalue weighted by atomic mass is 16.6. The molecule has 3 N–H and O–H groups in total. The maximum absolute atomic E-state index is 12.4. The highest BCUT2D eigenvalue weighted by Gasteiger charge is 2.38. The summed E-state index contributed by atoms with van der Waals surface area (Å²) >= 11 is 0. The minimum absolute atomic E-state index is 0.371. The number of nitrogens with zero attached hydrogens (tertiary/aromatic N) is 3. The van der Waals surface area contributed by atoms with Crippen LogP contribution in [-0.2, 0) is 22.6 Å². The predicted molar refractivity (Wildman–Crippen MR) is 117 cm³/mol. The van der Waals surface area contributed by atoms with Gasteiger partial charge in [-0.3, -0.25) is 19.5 Å². The molecule has 0 aromatic heterocycles. The lowest BCUT2D eigenvalue weighted by Gasteiger charge is -2.40. The Morgan fingerprint density at radius 3 is 2.45 bits per heavy atom. The highest BCUT2D eigenvalue weighted by molar-refractivity contribution is 5.89. The summed E-state index contributed by atoms with van der Waals surface area (Å²) in [6.07, 6.45) is -0.774. The molecule has 164 valence electrons. The van der Waals surface area contributed by atoms with Crippen molar-refractivity contribution in [1.29, 1.82) is 0 Å². The first-order chi connectivity index (χ1) is 15.0. The van der Waals surface area contributed by atoms with Crippen molar-refractivity contribution >= 4 is 17.7 Å². The van der Waals surface area contributed by atoms with Gasteiger partial charge in [-0.1, -0.05) is 42.5 Å². The number of carbonyl (C=O) groups excluding carboxylic acids is 1. The van der Waals surface area contributed by atoms with Gasteiger partial charge < -0.3 is 15.6 Å². The van der Waals surface area contributed by atoms with Gasteiger partial charge in [0.2, 0.25) is 0 Å². The Bertz CT molecular complexity index is 906. The fourth-order valence-electron chi connectivity index (χ4n) is 4.22. The SMILES string of the molecule is NCc1ccc(N2CC(CN3CCN(Cc4ccccc4)CC3C(=O)O)OC2=O)cc1. The lowest BCUT2D eigenvalue weighted by molar-refractivity contribution is -0.146. The van der Waals surface area contributed by atoms with E-state index in [1.807, 2.05) is 47.4 Å². The number of nitrogens with two attached hydrogens (primary N) is 1. The number of hydrogen-bond acceptors (Lipinski definition) is 6. The summed E-state index contributed by atoms with van der Waals surface area (Å²) in [6, 6.07) is 16.9. The normalized spacial score (nSPS) is 22.5. The monoisotopic (exact) mass is 424 g/mol. The molecule has 2 atom stereocenters. The van der Waals surface area contributed by atoms with Gasteiger partial charge in [0.25, 0.3) is 0 Å². The van der Waals surface area contributed by atoms with E-state index in [1.165, 1.54) is 5.56 Å². The number of amides is 1. The highest BCUT2D eigenvalue weighted by Crippen LogP contribution is 2.24. The summed E-state index contributed by atoms with van der Waals surface area (Å²) in [5, 5.41) is 9.80. The van der Waals surface area contributed by atoms with Crippen LogP contribution >= 0.6 is 0 Å². The first kappa shape index (κ1) is 21.3. The molecule has 0 radical (unpaired) electrons. The molecule has 0 saturated carbocycles. The number of benzene rings is 2. The zero-order chi connectivity index (χ0) is 21.8. The van der Waals surface area contributed by atoms with Crippen LogP contribution in [0.4, 0.5) is 10.5 Å². The topological polar surface area (TPSA) is 99.3 Å². The van der Waals surface area contributed by atoms with Crippen LogP contribution in [0.5, 0.6) is 0 Å². The van der Waals surface area contributed by atoms with Crippen molar-refractivity contribution in [1.82, 2.24) is 9.80 Å². The number of carbonyl (C=O) groups is 2. The Morgan fingerprint density at radius 2 is 1.77 bits per heavy atom. The van der Waals surface area contributed by atoms with Crippen molar-refractivity contribution in [3.05, 3.63) is 65.7 Å². The fraction of sp³-hybridized carbons (Fsp3) is 0.391. The van der Waals surface area contributed by atoms with E-state index in [0.717, 1.165) is 24.3 Å². The number of hydrogen-bond donors (Lipinski definition) is 2. The van der Waals surface area contributed by atoms with E-state index in [1.54, 1.807) is 4.90 Å². The molecule has 0 bridgehead atoms. The van der Waals surface area contributed by atoms with E-state index in [-0.39, 0.29) is 6.10 Å². The second-order valence-electron chi connectivity index (χ2n) is 8.06. The average molecular weight is 425 g/mol. The molecule has 1 amide bonds. The molecule has 31 heavy (non-hydrogen) atoms. The number of anilines is 1. The molecular formula is C23H28N4O4. The maximum atomic E-state index is 12.4. The smallest absolute Gasteiger partial charge is 0.414 e. The van der Waals surface area contributed by atoms with Crippen molar-refractivity contribution in [2.45, 2.75) is 25.2 Å². The summed E-state index contributed by atoms with van der Waals surface area (Å²) in [5.41, 5.74) is 8.55. The van der Waals surface area contributed by atoms with Crippen LogP contribution in [-0.4, -0.2) is 71.8 Å². The fourth-order valence-corrected chi connectivity index (χ4v) is 4.22. The van der Waals surface area contributed by atoms with Gasteiger partial charge in [0, 0.05) is 45.0 Å². The number of aliphatic carboxylic acids is 1. The molecule has 2 saturated heterocycles. The quantitative estimate of drug-likeness (QED) is 0.698. The lowest BCUT2D eigenvalue weighted by atomic mass is 10.1. The van der Waals surface area contributed by atoms with Crippen LogP contribution in [0.3, 0.4) is 0 Å². The zero-order valence-electron chi connectivity index (χ0n) is 17.4. The van der Waals surface area contributed by atoms with Gasteiger partial charge in [0.1, 0.15) is 12.1 Å². The third kappa shape index (κ3) is 5.04. The maximum Gasteiger partial charge on any atom is 0.414 e. The lowest BCUT2D eigenvalue weighted by Crippen LogP contribution is -2.57. The molecule has 2 unspecified atom stereocenters. The standard InChI is InChI=1S/C23H28N4O4/c24-12-17-6-8-19(9-7-17)27-15-20(31-23(27)30)14-26-11-10-25(16-21(26)22(28)29)13-18-4-2-1-3-5-18/h1-9,20-21H,10-16,24H2,(H,28,29). The predicted octanol–water partition coefficient (Wildman–Crippen LogP) is 1.74. The van der Waals surface area contributed by atoms with E-state index in [9.17, 15) is 14.7 Å². The molecule has 2 aromatic carbocycles. The van der Waals surface area contributed by atoms with E-state index in [0.29, 0.717) is 32.7 Å². The summed E-state index contributed by atoms with van der Waals surface area (Å²) in [6.45, 7) is 3.79. The molecule has 2 aliphatic rings. The van der Waals surface area contributed by atoms with Crippen LogP contribution < -0.4 is 10.6 Å². The first-order valence-corrected chi connectivity index (χ1v) is 10.5. The molecule has 2 aromatic rings. The average Bonchev–Trinajstić information content (AvgIpc) is 3.15. The van der Waals surface area contributed by atoms with Gasteiger partial charge >= 0.3 is 12.1 Å². The number of carboxylic acid groups (broad SMARTS) is 1. The van der Waals surface area contributed by atoms with Crippen molar-refractivity contribution in [3.8, 4) is 0 Å². The van der Waals surface area contributed by atoms with Gasteiger partial charge in [-0.15, -0.1) is 0 Å². The number of rotatable bonds is 7. The van der Waals surface area contributed by atoms with E-state index >= 15 is 0 Å². The Kier molecular flexibility index (Phi) is 6.50. The van der Waals surface area contributed by atoms with Crippen LogP contribution in [0.15, 0.2) is 54.6 Å². The second kappa shape index (κ2) is 9.47. The minimum atomic E-state index is -0.851. The van der Waals surface area contributed by atoms with Gasteiger partial charge in [-0.2, -0.15) is 0 Å². The number of cyclic esters (lactones) is 1. The molecule has 0 aliphatic carbocycles.